The molecule has 2 aliphatic rings. The van der Waals surface area contributed by atoms with Crippen LogP contribution in [0.5, 0.6) is 0 Å². The first kappa shape index (κ1) is 13.4. The van der Waals surface area contributed by atoms with E-state index in [0.717, 1.165) is 18.8 Å². The molecule has 0 aromatic carbocycles. The Bertz CT molecular complexity index is 326. The zero-order chi connectivity index (χ0) is 13.1. The Hall–Kier alpha value is -1.06. The number of carbonyl (C=O) groups excluding carboxylic acids is 2. The molecular formula is C14H24N2O2. The van der Waals surface area contributed by atoms with E-state index in [1.165, 1.54) is 19.3 Å². The summed E-state index contributed by atoms with van der Waals surface area (Å²) in [4.78, 5) is 25.2. The second kappa shape index (κ2) is 5.72. The third-order valence-corrected chi connectivity index (χ3v) is 4.32. The average Bonchev–Trinajstić information content (AvgIpc) is 3.13. The summed E-state index contributed by atoms with van der Waals surface area (Å²) in [5.41, 5.74) is 5.38. The van der Waals surface area contributed by atoms with E-state index in [0.29, 0.717) is 25.3 Å². The molecule has 1 saturated heterocycles. The lowest BCUT2D eigenvalue weighted by Crippen LogP contribution is -2.47. The lowest BCUT2D eigenvalue weighted by atomic mass is 9.94. The highest BCUT2D eigenvalue weighted by atomic mass is 16.2. The molecular weight excluding hydrogens is 228 g/mol. The number of carbonyl (C=O) groups is 2. The normalized spacial score (nSPS) is 26.8. The number of amides is 2. The third kappa shape index (κ3) is 3.24. The summed E-state index contributed by atoms with van der Waals surface area (Å²) in [6.45, 7) is 2.62. The zero-order valence-electron chi connectivity index (χ0n) is 11.2. The molecule has 2 amide bonds. The van der Waals surface area contributed by atoms with Gasteiger partial charge in [0.05, 0.1) is 0 Å². The van der Waals surface area contributed by atoms with Crippen LogP contribution in [-0.4, -0.2) is 29.3 Å². The van der Waals surface area contributed by atoms with E-state index in [4.69, 9.17) is 5.73 Å². The molecule has 0 radical (unpaired) electrons. The average molecular weight is 252 g/mol. The van der Waals surface area contributed by atoms with Gasteiger partial charge in [0, 0.05) is 13.0 Å². The van der Waals surface area contributed by atoms with Gasteiger partial charge < -0.3 is 10.6 Å². The molecule has 102 valence electrons. The summed E-state index contributed by atoms with van der Waals surface area (Å²) in [6, 6.07) is -0.405. The van der Waals surface area contributed by atoms with Gasteiger partial charge in [-0.2, -0.15) is 0 Å². The van der Waals surface area contributed by atoms with Crippen LogP contribution in [0.4, 0.5) is 0 Å². The van der Waals surface area contributed by atoms with E-state index in [2.05, 4.69) is 0 Å². The predicted molar refractivity (Wildman–Crippen MR) is 69.7 cm³/mol. The van der Waals surface area contributed by atoms with E-state index >= 15 is 0 Å². The first-order chi connectivity index (χ1) is 8.61. The smallest absolute Gasteiger partial charge is 0.240 e. The molecule has 2 rings (SSSR count). The minimum atomic E-state index is -0.405. The number of hydrogen-bond donors (Lipinski definition) is 1. The van der Waals surface area contributed by atoms with Crippen LogP contribution in [-0.2, 0) is 9.59 Å². The van der Waals surface area contributed by atoms with Crippen molar-refractivity contribution in [3.63, 3.8) is 0 Å². The molecule has 4 heteroatoms. The molecule has 4 nitrogen and oxygen atoms in total. The van der Waals surface area contributed by atoms with Crippen LogP contribution in [0.3, 0.4) is 0 Å². The molecule has 0 aromatic heterocycles. The van der Waals surface area contributed by atoms with Crippen molar-refractivity contribution in [1.29, 1.82) is 0 Å². The highest BCUT2D eigenvalue weighted by Crippen LogP contribution is 2.38. The van der Waals surface area contributed by atoms with Crippen LogP contribution in [0.1, 0.15) is 51.9 Å². The molecule has 0 aromatic rings. The minimum Gasteiger partial charge on any atom is -0.368 e. The van der Waals surface area contributed by atoms with Gasteiger partial charge in [-0.15, -0.1) is 0 Å². The number of hydrogen-bond acceptors (Lipinski definition) is 2. The largest absolute Gasteiger partial charge is 0.368 e. The molecule has 0 bridgehead atoms. The van der Waals surface area contributed by atoms with Crippen molar-refractivity contribution < 1.29 is 9.59 Å². The van der Waals surface area contributed by atoms with Crippen LogP contribution < -0.4 is 5.73 Å². The zero-order valence-corrected chi connectivity index (χ0v) is 11.2. The lowest BCUT2D eigenvalue weighted by molar-refractivity contribution is -0.139. The number of rotatable bonds is 5. The molecule has 2 N–H and O–H groups in total. The fourth-order valence-electron chi connectivity index (χ4n) is 3.03. The maximum absolute atomic E-state index is 12.1. The minimum absolute atomic E-state index is 0.110. The first-order valence-corrected chi connectivity index (χ1v) is 7.20. The monoisotopic (exact) mass is 252 g/mol. The number of nitrogens with two attached hydrogens (primary N) is 1. The van der Waals surface area contributed by atoms with E-state index in [1.54, 1.807) is 4.90 Å². The van der Waals surface area contributed by atoms with Gasteiger partial charge in [-0.1, -0.05) is 19.8 Å². The highest BCUT2D eigenvalue weighted by molar-refractivity contribution is 5.86. The maximum atomic E-state index is 12.1. The van der Waals surface area contributed by atoms with Gasteiger partial charge in [-0.05, 0) is 37.5 Å². The van der Waals surface area contributed by atoms with E-state index < -0.39 is 6.04 Å². The molecule has 0 spiro atoms. The molecule has 18 heavy (non-hydrogen) atoms. The Morgan fingerprint density at radius 1 is 1.33 bits per heavy atom. The Kier molecular flexibility index (Phi) is 4.25. The van der Waals surface area contributed by atoms with Gasteiger partial charge in [0.1, 0.15) is 6.04 Å². The Morgan fingerprint density at radius 2 is 2.00 bits per heavy atom. The summed E-state index contributed by atoms with van der Waals surface area (Å²) >= 11 is 0. The van der Waals surface area contributed by atoms with Crippen LogP contribution in [0.25, 0.3) is 0 Å². The summed E-state index contributed by atoms with van der Waals surface area (Å²) < 4.78 is 0. The summed E-state index contributed by atoms with van der Waals surface area (Å²) in [6.07, 6.45) is 7.23. The SMILES string of the molecule is CCC(C(N)=O)N1CCC(CC2CC2)CCC1=O. The molecule has 2 fully saturated rings. The van der Waals surface area contributed by atoms with Crippen LogP contribution >= 0.6 is 0 Å². The van der Waals surface area contributed by atoms with Gasteiger partial charge in [0.2, 0.25) is 11.8 Å². The highest BCUT2D eigenvalue weighted by Gasteiger charge is 2.32. The van der Waals surface area contributed by atoms with Crippen molar-refractivity contribution in [3.05, 3.63) is 0 Å². The molecule has 1 heterocycles. The van der Waals surface area contributed by atoms with Gasteiger partial charge >= 0.3 is 0 Å². The van der Waals surface area contributed by atoms with Crippen molar-refractivity contribution in [1.82, 2.24) is 4.90 Å². The van der Waals surface area contributed by atoms with Crippen molar-refractivity contribution in [3.8, 4) is 0 Å². The summed E-state index contributed by atoms with van der Waals surface area (Å²) in [7, 11) is 0. The molecule has 1 saturated carbocycles. The van der Waals surface area contributed by atoms with Crippen molar-refractivity contribution in [2.75, 3.05) is 6.54 Å². The van der Waals surface area contributed by atoms with Gasteiger partial charge in [0.25, 0.3) is 0 Å². The van der Waals surface area contributed by atoms with Crippen molar-refractivity contribution in [2.45, 2.75) is 57.9 Å². The Balaban J connectivity index is 1.94. The van der Waals surface area contributed by atoms with Crippen molar-refractivity contribution in [2.24, 2.45) is 17.6 Å². The Labute approximate surface area is 109 Å². The van der Waals surface area contributed by atoms with E-state index in [9.17, 15) is 9.59 Å². The van der Waals surface area contributed by atoms with Crippen LogP contribution in [0, 0.1) is 11.8 Å². The maximum Gasteiger partial charge on any atom is 0.240 e. The number of nitrogens with zero attached hydrogens (tertiary/aromatic N) is 1. The predicted octanol–water partition coefficient (Wildman–Crippen LogP) is 1.68. The fourth-order valence-corrected chi connectivity index (χ4v) is 3.03. The molecule has 2 atom stereocenters. The quantitative estimate of drug-likeness (QED) is 0.809. The van der Waals surface area contributed by atoms with Gasteiger partial charge in [-0.25, -0.2) is 0 Å². The third-order valence-electron chi connectivity index (χ3n) is 4.32. The second-order valence-corrected chi connectivity index (χ2v) is 5.79. The molecule has 2 unspecified atom stereocenters. The fraction of sp³-hybridized carbons (Fsp3) is 0.857. The van der Waals surface area contributed by atoms with E-state index in [-0.39, 0.29) is 11.8 Å². The van der Waals surface area contributed by atoms with Crippen LogP contribution in [0.2, 0.25) is 0 Å². The molecule has 1 aliphatic carbocycles. The topological polar surface area (TPSA) is 63.4 Å². The van der Waals surface area contributed by atoms with E-state index in [1.807, 2.05) is 6.92 Å². The van der Waals surface area contributed by atoms with Crippen LogP contribution in [0.15, 0.2) is 0 Å². The number of primary amides is 1. The van der Waals surface area contributed by atoms with Gasteiger partial charge in [-0.3, -0.25) is 9.59 Å². The van der Waals surface area contributed by atoms with Gasteiger partial charge in [0.15, 0.2) is 0 Å². The lowest BCUT2D eigenvalue weighted by Gasteiger charge is -2.27. The second-order valence-electron chi connectivity index (χ2n) is 5.79. The standard InChI is InChI=1S/C14H24N2O2/c1-2-12(14(15)18)16-8-7-11(5-6-13(16)17)9-10-3-4-10/h10-12H,2-9H2,1H3,(H2,15,18). The summed E-state index contributed by atoms with van der Waals surface area (Å²) in [5.74, 6) is 1.32. The first-order valence-electron chi connectivity index (χ1n) is 7.20. The molecule has 1 aliphatic heterocycles. The Morgan fingerprint density at radius 3 is 2.56 bits per heavy atom. The van der Waals surface area contributed by atoms with Crippen molar-refractivity contribution >= 4 is 11.8 Å². The summed E-state index contributed by atoms with van der Waals surface area (Å²) in [5, 5.41) is 0. The number of likely N-dealkylation sites (tertiary alicyclic amines) is 1.